The summed E-state index contributed by atoms with van der Waals surface area (Å²) in [6.07, 6.45) is -0.0594. The van der Waals surface area contributed by atoms with E-state index in [1.165, 1.54) is 19.2 Å². The summed E-state index contributed by atoms with van der Waals surface area (Å²) in [5.74, 6) is -0.490. The third-order valence-corrected chi connectivity index (χ3v) is 2.35. The Labute approximate surface area is 103 Å². The molecule has 0 aliphatic heterocycles. The molecule has 7 nitrogen and oxygen atoms in total. The predicted octanol–water partition coefficient (Wildman–Crippen LogP) is 0.641. The van der Waals surface area contributed by atoms with Crippen LogP contribution in [0, 0.1) is 21.4 Å². The summed E-state index contributed by atoms with van der Waals surface area (Å²) in [7, 11) is 1.24. The normalized spacial score (nSPS) is 9.61. The highest BCUT2D eigenvalue weighted by atomic mass is 16.6. The molecule has 0 fully saturated rings. The molecular weight excluding hydrogens is 238 g/mol. The van der Waals surface area contributed by atoms with Gasteiger partial charge in [-0.3, -0.25) is 14.9 Å². The monoisotopic (exact) mass is 249 g/mol. The van der Waals surface area contributed by atoms with Gasteiger partial charge in [0, 0.05) is 12.1 Å². The van der Waals surface area contributed by atoms with Crippen LogP contribution in [0.25, 0.3) is 0 Å². The van der Waals surface area contributed by atoms with E-state index in [4.69, 9.17) is 11.0 Å². The number of nitrogens with two attached hydrogens (primary N) is 1. The lowest BCUT2D eigenvalue weighted by Gasteiger charge is -2.06. The maximum absolute atomic E-state index is 11.1. The molecular formula is C11H11N3O4. The molecule has 0 aliphatic rings. The van der Waals surface area contributed by atoms with Gasteiger partial charge in [0.05, 0.1) is 18.5 Å². The van der Waals surface area contributed by atoms with Crippen molar-refractivity contribution in [2.45, 2.75) is 13.0 Å². The molecule has 0 bridgehead atoms. The standard InChI is InChI=1S/C11H11N3O4/c1-18-10(15)4-7-2-8(5-12)11(14(16)17)9(3-7)6-13/h2-3H,4-5,12H2,1H3. The molecule has 0 radical (unpaired) electrons. The molecule has 0 saturated heterocycles. The van der Waals surface area contributed by atoms with Crippen molar-refractivity contribution in [3.05, 3.63) is 38.9 Å². The average molecular weight is 249 g/mol. The van der Waals surface area contributed by atoms with Gasteiger partial charge >= 0.3 is 5.97 Å². The molecule has 1 aromatic carbocycles. The van der Waals surface area contributed by atoms with Crippen LogP contribution < -0.4 is 5.73 Å². The highest BCUT2D eigenvalue weighted by Gasteiger charge is 2.21. The van der Waals surface area contributed by atoms with E-state index in [2.05, 4.69) is 4.74 Å². The summed E-state index contributed by atoms with van der Waals surface area (Å²) in [6, 6.07) is 4.47. The van der Waals surface area contributed by atoms with Crippen molar-refractivity contribution in [2.75, 3.05) is 7.11 Å². The van der Waals surface area contributed by atoms with Gasteiger partial charge < -0.3 is 10.5 Å². The molecule has 0 spiro atoms. The van der Waals surface area contributed by atoms with E-state index in [0.29, 0.717) is 5.56 Å². The van der Waals surface area contributed by atoms with Crippen molar-refractivity contribution in [2.24, 2.45) is 5.73 Å². The number of benzene rings is 1. The lowest BCUT2D eigenvalue weighted by Crippen LogP contribution is -2.09. The number of carbonyl (C=O) groups is 1. The number of nitro benzene ring substituents is 1. The molecule has 1 aromatic rings. The first kappa shape index (κ1) is 13.6. The SMILES string of the molecule is COC(=O)Cc1cc(C#N)c([N+](=O)[O-])c(CN)c1. The third kappa shape index (κ3) is 2.81. The van der Waals surface area contributed by atoms with Crippen molar-refractivity contribution in [3.8, 4) is 6.07 Å². The number of esters is 1. The number of methoxy groups -OCH3 is 1. The van der Waals surface area contributed by atoms with Crippen molar-refractivity contribution >= 4 is 11.7 Å². The Morgan fingerprint density at radius 2 is 2.28 bits per heavy atom. The van der Waals surface area contributed by atoms with Crippen molar-refractivity contribution < 1.29 is 14.5 Å². The Hall–Kier alpha value is -2.46. The Morgan fingerprint density at radius 1 is 1.61 bits per heavy atom. The molecule has 2 N–H and O–H groups in total. The van der Waals surface area contributed by atoms with Crippen LogP contribution in [-0.2, 0) is 22.5 Å². The minimum Gasteiger partial charge on any atom is -0.469 e. The summed E-state index contributed by atoms with van der Waals surface area (Å²) < 4.78 is 4.49. The maximum Gasteiger partial charge on any atom is 0.309 e. The number of hydrogen-bond donors (Lipinski definition) is 1. The number of rotatable bonds is 4. The molecule has 0 aromatic heterocycles. The van der Waals surface area contributed by atoms with Crippen LogP contribution in [-0.4, -0.2) is 18.0 Å². The fourth-order valence-electron chi connectivity index (χ4n) is 1.56. The van der Waals surface area contributed by atoms with E-state index >= 15 is 0 Å². The number of nitro groups is 1. The van der Waals surface area contributed by atoms with Crippen LogP contribution in [0.5, 0.6) is 0 Å². The first-order valence-electron chi connectivity index (χ1n) is 5.00. The van der Waals surface area contributed by atoms with Gasteiger partial charge in [-0.1, -0.05) is 0 Å². The molecule has 94 valence electrons. The molecule has 0 amide bonds. The average Bonchev–Trinajstić information content (AvgIpc) is 2.36. The highest BCUT2D eigenvalue weighted by molar-refractivity contribution is 5.73. The Morgan fingerprint density at radius 3 is 2.72 bits per heavy atom. The lowest BCUT2D eigenvalue weighted by molar-refractivity contribution is -0.385. The molecule has 0 atom stereocenters. The molecule has 0 unspecified atom stereocenters. The van der Waals surface area contributed by atoms with Gasteiger partial charge in [0.1, 0.15) is 11.6 Å². The molecule has 1 rings (SSSR count). The van der Waals surface area contributed by atoms with Gasteiger partial charge in [-0.15, -0.1) is 0 Å². The second kappa shape index (κ2) is 5.75. The zero-order chi connectivity index (χ0) is 13.7. The third-order valence-electron chi connectivity index (χ3n) is 2.35. The van der Waals surface area contributed by atoms with E-state index in [9.17, 15) is 14.9 Å². The fraction of sp³-hybridized carbons (Fsp3) is 0.273. The molecule has 18 heavy (non-hydrogen) atoms. The maximum atomic E-state index is 11.1. The molecule has 0 heterocycles. The second-order valence-corrected chi connectivity index (χ2v) is 3.48. The topological polar surface area (TPSA) is 119 Å². The van der Waals surface area contributed by atoms with Crippen LogP contribution in [0.4, 0.5) is 5.69 Å². The molecule has 7 heteroatoms. The summed E-state index contributed by atoms with van der Waals surface area (Å²) in [5, 5.41) is 19.7. The van der Waals surface area contributed by atoms with E-state index in [1.807, 2.05) is 0 Å². The smallest absolute Gasteiger partial charge is 0.309 e. The van der Waals surface area contributed by atoms with Crippen molar-refractivity contribution in [1.29, 1.82) is 5.26 Å². The lowest BCUT2D eigenvalue weighted by atomic mass is 10.0. The van der Waals surface area contributed by atoms with Crippen LogP contribution in [0.15, 0.2) is 12.1 Å². The van der Waals surface area contributed by atoms with Gasteiger partial charge in [0.15, 0.2) is 0 Å². The highest BCUT2D eigenvalue weighted by Crippen LogP contribution is 2.25. The number of nitrogens with zero attached hydrogens (tertiary/aromatic N) is 2. The summed E-state index contributed by atoms with van der Waals surface area (Å²) in [6.45, 7) is -0.0833. The van der Waals surface area contributed by atoms with Crippen LogP contribution in [0.2, 0.25) is 0 Å². The zero-order valence-corrected chi connectivity index (χ0v) is 9.67. The van der Waals surface area contributed by atoms with E-state index in [1.54, 1.807) is 6.07 Å². The van der Waals surface area contributed by atoms with E-state index < -0.39 is 10.9 Å². The minimum atomic E-state index is -0.650. The molecule has 0 aliphatic carbocycles. The Bertz CT molecular complexity index is 534. The summed E-state index contributed by atoms with van der Waals surface area (Å²) in [4.78, 5) is 21.3. The first-order chi connectivity index (χ1) is 8.53. The van der Waals surface area contributed by atoms with E-state index in [0.717, 1.165) is 0 Å². The summed E-state index contributed by atoms with van der Waals surface area (Å²) >= 11 is 0. The van der Waals surface area contributed by atoms with Crippen LogP contribution in [0.1, 0.15) is 16.7 Å². The van der Waals surface area contributed by atoms with E-state index in [-0.39, 0.29) is 29.8 Å². The Kier molecular flexibility index (Phi) is 4.34. The van der Waals surface area contributed by atoms with Gasteiger partial charge in [0.2, 0.25) is 0 Å². The number of carbonyl (C=O) groups excluding carboxylic acids is 1. The Balaban J connectivity index is 3.31. The first-order valence-corrected chi connectivity index (χ1v) is 5.00. The van der Waals surface area contributed by atoms with Crippen LogP contribution in [0.3, 0.4) is 0 Å². The van der Waals surface area contributed by atoms with Gasteiger partial charge in [-0.05, 0) is 17.7 Å². The summed E-state index contributed by atoms with van der Waals surface area (Å²) in [5.41, 5.74) is 5.68. The van der Waals surface area contributed by atoms with Crippen LogP contribution >= 0.6 is 0 Å². The zero-order valence-electron chi connectivity index (χ0n) is 9.67. The molecule has 0 saturated carbocycles. The van der Waals surface area contributed by atoms with Gasteiger partial charge in [0.25, 0.3) is 5.69 Å². The van der Waals surface area contributed by atoms with Crippen molar-refractivity contribution in [3.63, 3.8) is 0 Å². The number of hydrogen-bond acceptors (Lipinski definition) is 6. The van der Waals surface area contributed by atoms with Crippen molar-refractivity contribution in [1.82, 2.24) is 0 Å². The number of nitriles is 1. The minimum absolute atomic E-state index is 0.0594. The predicted molar refractivity (Wildman–Crippen MR) is 61.4 cm³/mol. The largest absolute Gasteiger partial charge is 0.469 e. The quantitative estimate of drug-likeness (QED) is 0.475. The van der Waals surface area contributed by atoms with Gasteiger partial charge in [-0.2, -0.15) is 5.26 Å². The number of ether oxygens (including phenoxy) is 1. The van der Waals surface area contributed by atoms with Gasteiger partial charge in [-0.25, -0.2) is 0 Å². The second-order valence-electron chi connectivity index (χ2n) is 3.48. The fourth-order valence-corrected chi connectivity index (χ4v) is 1.56.